The summed E-state index contributed by atoms with van der Waals surface area (Å²) < 4.78 is 5.40. The van der Waals surface area contributed by atoms with Crippen molar-refractivity contribution in [2.45, 2.75) is 57.5 Å². The number of rotatable bonds is 3. The van der Waals surface area contributed by atoms with Crippen LogP contribution in [0.1, 0.15) is 45.4 Å². The minimum atomic E-state index is -0.435. The van der Waals surface area contributed by atoms with E-state index in [1.807, 2.05) is 18.2 Å². The highest BCUT2D eigenvalue weighted by molar-refractivity contribution is 5.86. The van der Waals surface area contributed by atoms with Gasteiger partial charge in [-0.15, -0.1) is 0 Å². The molecule has 2 amide bonds. The number of nitrogens with zero attached hydrogens (tertiary/aromatic N) is 1. The van der Waals surface area contributed by atoms with Crippen molar-refractivity contribution < 1.29 is 14.3 Å². The molecular formula is C19H26N2O3. The Morgan fingerprint density at radius 1 is 1.08 bits per heavy atom. The van der Waals surface area contributed by atoms with Crippen molar-refractivity contribution in [2.24, 2.45) is 5.92 Å². The second-order valence-corrected chi connectivity index (χ2v) is 6.91. The Hall–Kier alpha value is -2.04. The minimum absolute atomic E-state index is 0.0312. The summed E-state index contributed by atoms with van der Waals surface area (Å²) in [5, 5.41) is 3.17. The molecule has 3 rings (SSSR count). The Morgan fingerprint density at radius 2 is 1.83 bits per heavy atom. The number of hydrogen-bond donors (Lipinski definition) is 1. The van der Waals surface area contributed by atoms with E-state index >= 15 is 0 Å². The first kappa shape index (κ1) is 16.8. The van der Waals surface area contributed by atoms with E-state index in [9.17, 15) is 9.59 Å². The third kappa shape index (κ3) is 3.89. The molecule has 2 fully saturated rings. The summed E-state index contributed by atoms with van der Waals surface area (Å²) in [5.41, 5.74) is 0. The largest absolute Gasteiger partial charge is 0.415 e. The molecule has 2 aliphatic rings. The second-order valence-electron chi connectivity index (χ2n) is 6.91. The molecule has 1 heterocycles. The van der Waals surface area contributed by atoms with E-state index in [0.29, 0.717) is 24.6 Å². The van der Waals surface area contributed by atoms with Gasteiger partial charge in [-0.05, 0) is 43.7 Å². The maximum Gasteiger partial charge on any atom is 0.415 e. The first-order valence-corrected chi connectivity index (χ1v) is 8.99. The average Bonchev–Trinajstić information content (AvgIpc) is 3.08. The summed E-state index contributed by atoms with van der Waals surface area (Å²) in [5.74, 6) is 0.986. The zero-order chi connectivity index (χ0) is 16.9. The Kier molecular flexibility index (Phi) is 5.38. The number of amides is 2. The van der Waals surface area contributed by atoms with Crippen LogP contribution in [0.4, 0.5) is 4.79 Å². The van der Waals surface area contributed by atoms with Crippen molar-refractivity contribution >= 4 is 12.0 Å². The standard InChI is InChI=1S/C19H26N2O3/c1-14-8-5-6-11-16(14)20-18(22)17-12-7-13-21(17)19(23)24-15-9-3-2-4-10-15/h2-4,9-10,14,16-17H,5-8,11-13H2,1H3,(H,20,22)/t14-,16+,17+/m1/s1. The molecule has 1 saturated heterocycles. The van der Waals surface area contributed by atoms with Gasteiger partial charge in [0.25, 0.3) is 0 Å². The van der Waals surface area contributed by atoms with Gasteiger partial charge in [0.1, 0.15) is 11.8 Å². The average molecular weight is 330 g/mol. The van der Waals surface area contributed by atoms with Gasteiger partial charge in [-0.1, -0.05) is 38.0 Å². The predicted molar refractivity (Wildman–Crippen MR) is 91.8 cm³/mol. The van der Waals surface area contributed by atoms with Crippen LogP contribution in [-0.2, 0) is 4.79 Å². The molecule has 24 heavy (non-hydrogen) atoms. The zero-order valence-corrected chi connectivity index (χ0v) is 14.2. The van der Waals surface area contributed by atoms with Gasteiger partial charge in [-0.3, -0.25) is 9.69 Å². The molecular weight excluding hydrogens is 304 g/mol. The monoisotopic (exact) mass is 330 g/mol. The van der Waals surface area contributed by atoms with E-state index in [4.69, 9.17) is 4.74 Å². The van der Waals surface area contributed by atoms with Gasteiger partial charge in [0, 0.05) is 12.6 Å². The van der Waals surface area contributed by atoms with E-state index < -0.39 is 12.1 Å². The Bertz CT molecular complexity index is 575. The summed E-state index contributed by atoms with van der Waals surface area (Å²) in [4.78, 5) is 26.6. The van der Waals surface area contributed by atoms with Gasteiger partial charge >= 0.3 is 6.09 Å². The third-order valence-corrected chi connectivity index (χ3v) is 5.18. The first-order chi connectivity index (χ1) is 11.6. The maximum absolute atomic E-state index is 12.7. The van der Waals surface area contributed by atoms with Crippen molar-refractivity contribution in [1.82, 2.24) is 10.2 Å². The lowest BCUT2D eigenvalue weighted by atomic mass is 9.86. The topological polar surface area (TPSA) is 58.6 Å². The van der Waals surface area contributed by atoms with Crippen LogP contribution in [-0.4, -0.2) is 35.5 Å². The van der Waals surface area contributed by atoms with Crippen LogP contribution in [0.25, 0.3) is 0 Å². The number of benzene rings is 1. The number of carbonyl (C=O) groups is 2. The number of ether oxygens (including phenoxy) is 1. The summed E-state index contributed by atoms with van der Waals surface area (Å²) in [7, 11) is 0. The quantitative estimate of drug-likeness (QED) is 0.924. The van der Waals surface area contributed by atoms with Crippen molar-refractivity contribution in [3.05, 3.63) is 30.3 Å². The molecule has 5 heteroatoms. The fourth-order valence-electron chi connectivity index (χ4n) is 3.72. The number of carbonyl (C=O) groups excluding carboxylic acids is 2. The Balaban J connectivity index is 1.59. The smallest absolute Gasteiger partial charge is 0.410 e. The van der Waals surface area contributed by atoms with Crippen LogP contribution in [0.15, 0.2) is 30.3 Å². The van der Waals surface area contributed by atoms with E-state index in [1.165, 1.54) is 12.8 Å². The minimum Gasteiger partial charge on any atom is -0.410 e. The molecule has 3 atom stereocenters. The maximum atomic E-state index is 12.7. The predicted octanol–water partition coefficient (Wildman–Crippen LogP) is 3.34. The molecule has 130 valence electrons. The van der Waals surface area contributed by atoms with E-state index in [-0.39, 0.29) is 11.9 Å². The number of hydrogen-bond acceptors (Lipinski definition) is 3. The van der Waals surface area contributed by atoms with Crippen molar-refractivity contribution in [2.75, 3.05) is 6.54 Å². The zero-order valence-electron chi connectivity index (χ0n) is 14.2. The highest BCUT2D eigenvalue weighted by Gasteiger charge is 2.36. The van der Waals surface area contributed by atoms with Gasteiger partial charge in [0.15, 0.2) is 0 Å². The molecule has 0 bridgehead atoms. The van der Waals surface area contributed by atoms with Crippen molar-refractivity contribution in [3.8, 4) is 5.75 Å². The van der Waals surface area contributed by atoms with Crippen LogP contribution in [0.2, 0.25) is 0 Å². The van der Waals surface area contributed by atoms with Crippen LogP contribution < -0.4 is 10.1 Å². The molecule has 1 aliphatic carbocycles. The summed E-state index contributed by atoms with van der Waals surface area (Å²) in [6.07, 6.45) is 5.71. The summed E-state index contributed by atoms with van der Waals surface area (Å²) >= 11 is 0. The lowest BCUT2D eigenvalue weighted by molar-refractivity contribution is -0.126. The number of para-hydroxylation sites is 1. The fraction of sp³-hybridized carbons (Fsp3) is 0.579. The molecule has 1 aromatic carbocycles. The molecule has 1 N–H and O–H groups in total. The summed E-state index contributed by atoms with van der Waals surface area (Å²) in [6, 6.07) is 8.82. The number of likely N-dealkylation sites (tertiary alicyclic amines) is 1. The Morgan fingerprint density at radius 3 is 2.58 bits per heavy atom. The SMILES string of the molecule is C[C@@H]1CCCC[C@@H]1NC(=O)[C@@H]1CCCN1C(=O)Oc1ccccc1. The molecule has 0 aromatic heterocycles. The van der Waals surface area contributed by atoms with E-state index in [1.54, 1.807) is 17.0 Å². The van der Waals surface area contributed by atoms with Crippen LogP contribution in [0, 0.1) is 5.92 Å². The van der Waals surface area contributed by atoms with Gasteiger partial charge < -0.3 is 10.1 Å². The van der Waals surface area contributed by atoms with Crippen molar-refractivity contribution in [3.63, 3.8) is 0 Å². The van der Waals surface area contributed by atoms with Gasteiger partial charge in [0.2, 0.25) is 5.91 Å². The molecule has 5 nitrogen and oxygen atoms in total. The van der Waals surface area contributed by atoms with E-state index in [0.717, 1.165) is 19.3 Å². The highest BCUT2D eigenvalue weighted by atomic mass is 16.6. The van der Waals surface area contributed by atoms with Crippen LogP contribution in [0.5, 0.6) is 5.75 Å². The van der Waals surface area contributed by atoms with E-state index in [2.05, 4.69) is 12.2 Å². The van der Waals surface area contributed by atoms with Crippen molar-refractivity contribution in [1.29, 1.82) is 0 Å². The molecule has 1 saturated carbocycles. The van der Waals surface area contributed by atoms with Gasteiger partial charge in [-0.2, -0.15) is 0 Å². The second kappa shape index (κ2) is 7.69. The first-order valence-electron chi connectivity index (χ1n) is 8.99. The lowest BCUT2D eigenvalue weighted by Crippen LogP contribution is -2.51. The van der Waals surface area contributed by atoms with Gasteiger partial charge in [-0.25, -0.2) is 4.79 Å². The molecule has 1 aromatic rings. The van der Waals surface area contributed by atoms with Gasteiger partial charge in [0.05, 0.1) is 0 Å². The molecule has 1 aliphatic heterocycles. The number of nitrogens with one attached hydrogen (secondary N) is 1. The van der Waals surface area contributed by atoms with Crippen LogP contribution >= 0.6 is 0 Å². The lowest BCUT2D eigenvalue weighted by Gasteiger charge is -2.31. The fourth-order valence-corrected chi connectivity index (χ4v) is 3.72. The van der Waals surface area contributed by atoms with Crippen LogP contribution in [0.3, 0.4) is 0 Å². The Labute approximate surface area is 143 Å². The highest BCUT2D eigenvalue weighted by Crippen LogP contribution is 2.25. The molecule has 0 unspecified atom stereocenters. The normalized spacial score (nSPS) is 26.9. The molecule has 0 spiro atoms. The molecule has 0 radical (unpaired) electrons. The summed E-state index contributed by atoms with van der Waals surface area (Å²) in [6.45, 7) is 2.77. The third-order valence-electron chi connectivity index (χ3n) is 5.18.